The van der Waals surface area contributed by atoms with Gasteiger partial charge in [-0.15, -0.1) is 0 Å². The van der Waals surface area contributed by atoms with Crippen LogP contribution >= 0.6 is 0 Å². The Kier molecular flexibility index (Phi) is 4.92. The minimum absolute atomic E-state index is 0.184. The first kappa shape index (κ1) is 12.6. The van der Waals surface area contributed by atoms with Gasteiger partial charge in [0.1, 0.15) is 5.82 Å². The fourth-order valence-electron chi connectivity index (χ4n) is 1.55. The Morgan fingerprint density at radius 2 is 2.31 bits per heavy atom. The van der Waals surface area contributed by atoms with Gasteiger partial charge in [-0.1, -0.05) is 19.1 Å². The molecule has 0 aromatic heterocycles. The monoisotopic (exact) mass is 224 g/mol. The van der Waals surface area contributed by atoms with Crippen LogP contribution in [0.25, 0.3) is 0 Å². The maximum absolute atomic E-state index is 13.0. The van der Waals surface area contributed by atoms with Gasteiger partial charge in [0, 0.05) is 12.5 Å². The third kappa shape index (κ3) is 3.98. The van der Waals surface area contributed by atoms with Gasteiger partial charge in [-0.3, -0.25) is 4.79 Å². The fraction of sp³-hybridized carbons (Fsp3) is 0.417. The predicted octanol–water partition coefficient (Wildman–Crippen LogP) is 1.74. The molecule has 0 radical (unpaired) electrons. The number of primary amides is 1. The molecule has 1 unspecified atom stereocenters. The molecule has 1 rings (SSSR count). The van der Waals surface area contributed by atoms with Gasteiger partial charge in [0.15, 0.2) is 0 Å². The van der Waals surface area contributed by atoms with Crippen LogP contribution in [0.5, 0.6) is 0 Å². The number of amides is 1. The second kappa shape index (κ2) is 6.23. The molecule has 0 fully saturated rings. The summed E-state index contributed by atoms with van der Waals surface area (Å²) in [6, 6.07) is 6.03. The highest BCUT2D eigenvalue weighted by molar-refractivity contribution is 5.74. The van der Waals surface area contributed by atoms with Gasteiger partial charge in [-0.2, -0.15) is 0 Å². The molecule has 0 aliphatic carbocycles. The topological polar surface area (TPSA) is 55.1 Å². The normalized spacial score (nSPS) is 12.4. The van der Waals surface area contributed by atoms with E-state index in [9.17, 15) is 9.18 Å². The van der Waals surface area contributed by atoms with E-state index in [-0.39, 0.29) is 18.3 Å². The molecular formula is C12H17FN2O. The van der Waals surface area contributed by atoms with Crippen LogP contribution in [-0.2, 0) is 4.79 Å². The Morgan fingerprint density at radius 1 is 1.56 bits per heavy atom. The molecule has 1 aromatic carbocycles. The van der Waals surface area contributed by atoms with E-state index in [1.807, 2.05) is 6.92 Å². The van der Waals surface area contributed by atoms with Crippen LogP contribution in [0, 0.1) is 5.82 Å². The van der Waals surface area contributed by atoms with Crippen molar-refractivity contribution >= 4 is 5.91 Å². The van der Waals surface area contributed by atoms with Gasteiger partial charge in [0.2, 0.25) is 5.91 Å². The number of benzene rings is 1. The summed E-state index contributed by atoms with van der Waals surface area (Å²) in [7, 11) is 0. The summed E-state index contributed by atoms with van der Waals surface area (Å²) in [5.41, 5.74) is 5.92. The van der Waals surface area contributed by atoms with Crippen molar-refractivity contribution in [3.63, 3.8) is 0 Å². The van der Waals surface area contributed by atoms with Crippen molar-refractivity contribution in [2.24, 2.45) is 5.73 Å². The fourth-order valence-corrected chi connectivity index (χ4v) is 1.55. The minimum atomic E-state index is -0.391. The summed E-state index contributed by atoms with van der Waals surface area (Å²) >= 11 is 0. The summed E-state index contributed by atoms with van der Waals surface area (Å²) in [6.07, 6.45) is 1.13. The average molecular weight is 224 g/mol. The molecule has 3 N–H and O–H groups in total. The highest BCUT2D eigenvalue weighted by Crippen LogP contribution is 2.17. The Labute approximate surface area is 94.8 Å². The summed E-state index contributed by atoms with van der Waals surface area (Å²) < 4.78 is 13.0. The van der Waals surface area contributed by atoms with E-state index in [1.165, 1.54) is 12.1 Å². The molecule has 0 spiro atoms. The molecule has 0 aliphatic heterocycles. The molecule has 1 atom stereocenters. The van der Waals surface area contributed by atoms with Crippen LogP contribution in [0.2, 0.25) is 0 Å². The van der Waals surface area contributed by atoms with Crippen LogP contribution in [0.4, 0.5) is 4.39 Å². The number of rotatable bonds is 6. The SMILES string of the molecule is CCCNC(CC(N)=O)c1cccc(F)c1. The van der Waals surface area contributed by atoms with Crippen LogP contribution in [-0.4, -0.2) is 12.5 Å². The largest absolute Gasteiger partial charge is 0.370 e. The first-order valence-electron chi connectivity index (χ1n) is 5.40. The second-order valence-corrected chi connectivity index (χ2v) is 3.73. The summed E-state index contributed by atoms with van der Waals surface area (Å²) in [4.78, 5) is 10.9. The molecule has 1 amide bonds. The van der Waals surface area contributed by atoms with Gasteiger partial charge in [0.05, 0.1) is 0 Å². The number of carbonyl (C=O) groups excluding carboxylic acids is 1. The molecular weight excluding hydrogens is 207 g/mol. The summed E-state index contributed by atoms with van der Waals surface area (Å²) in [5.74, 6) is -0.692. The number of nitrogens with two attached hydrogens (primary N) is 1. The zero-order chi connectivity index (χ0) is 12.0. The van der Waals surface area contributed by atoms with E-state index in [1.54, 1.807) is 12.1 Å². The summed E-state index contributed by atoms with van der Waals surface area (Å²) in [6.45, 7) is 2.80. The lowest BCUT2D eigenvalue weighted by Gasteiger charge is -2.17. The minimum Gasteiger partial charge on any atom is -0.370 e. The molecule has 88 valence electrons. The lowest BCUT2D eigenvalue weighted by molar-refractivity contribution is -0.118. The van der Waals surface area contributed by atoms with Gasteiger partial charge >= 0.3 is 0 Å². The molecule has 0 aliphatic rings. The Morgan fingerprint density at radius 3 is 2.88 bits per heavy atom. The van der Waals surface area contributed by atoms with Gasteiger partial charge in [-0.25, -0.2) is 4.39 Å². The molecule has 0 bridgehead atoms. The van der Waals surface area contributed by atoms with Crippen molar-refractivity contribution < 1.29 is 9.18 Å². The maximum Gasteiger partial charge on any atom is 0.219 e. The van der Waals surface area contributed by atoms with Gasteiger partial charge in [-0.05, 0) is 30.7 Å². The van der Waals surface area contributed by atoms with Crippen LogP contribution in [0.15, 0.2) is 24.3 Å². The number of carbonyl (C=O) groups is 1. The zero-order valence-electron chi connectivity index (χ0n) is 9.37. The second-order valence-electron chi connectivity index (χ2n) is 3.73. The molecule has 16 heavy (non-hydrogen) atoms. The molecule has 3 nitrogen and oxygen atoms in total. The van der Waals surface area contributed by atoms with E-state index in [0.717, 1.165) is 18.5 Å². The lowest BCUT2D eigenvalue weighted by atomic mass is 10.0. The first-order chi connectivity index (χ1) is 7.63. The Bertz CT molecular complexity index is 355. The van der Waals surface area contributed by atoms with E-state index in [2.05, 4.69) is 5.32 Å². The van der Waals surface area contributed by atoms with Crippen molar-refractivity contribution in [2.45, 2.75) is 25.8 Å². The quantitative estimate of drug-likeness (QED) is 0.773. The standard InChI is InChI=1S/C12H17FN2O/c1-2-6-15-11(8-12(14)16)9-4-3-5-10(13)7-9/h3-5,7,11,15H,2,6,8H2,1H3,(H2,14,16). The lowest BCUT2D eigenvalue weighted by Crippen LogP contribution is -2.27. The third-order valence-corrected chi connectivity index (χ3v) is 2.30. The number of hydrogen-bond acceptors (Lipinski definition) is 2. The summed E-state index contributed by atoms with van der Waals surface area (Å²) in [5, 5.41) is 3.18. The van der Waals surface area contributed by atoms with Gasteiger partial charge < -0.3 is 11.1 Å². The average Bonchev–Trinajstić information content (AvgIpc) is 2.23. The Hall–Kier alpha value is -1.42. The predicted molar refractivity (Wildman–Crippen MR) is 61.2 cm³/mol. The highest BCUT2D eigenvalue weighted by atomic mass is 19.1. The van der Waals surface area contributed by atoms with Crippen molar-refractivity contribution in [2.75, 3.05) is 6.54 Å². The molecule has 0 saturated heterocycles. The number of nitrogens with one attached hydrogen (secondary N) is 1. The van der Waals surface area contributed by atoms with E-state index in [4.69, 9.17) is 5.73 Å². The number of halogens is 1. The molecule has 0 saturated carbocycles. The van der Waals surface area contributed by atoms with E-state index >= 15 is 0 Å². The van der Waals surface area contributed by atoms with E-state index < -0.39 is 5.91 Å². The van der Waals surface area contributed by atoms with Crippen molar-refractivity contribution in [3.05, 3.63) is 35.6 Å². The van der Waals surface area contributed by atoms with Crippen LogP contribution in [0.3, 0.4) is 0 Å². The van der Waals surface area contributed by atoms with Crippen molar-refractivity contribution in [1.29, 1.82) is 0 Å². The molecule has 1 aromatic rings. The van der Waals surface area contributed by atoms with Gasteiger partial charge in [0.25, 0.3) is 0 Å². The molecule has 0 heterocycles. The highest BCUT2D eigenvalue weighted by Gasteiger charge is 2.13. The van der Waals surface area contributed by atoms with Crippen molar-refractivity contribution in [3.8, 4) is 0 Å². The zero-order valence-corrected chi connectivity index (χ0v) is 9.37. The smallest absolute Gasteiger partial charge is 0.219 e. The Balaban J connectivity index is 2.78. The third-order valence-electron chi connectivity index (χ3n) is 2.30. The first-order valence-corrected chi connectivity index (χ1v) is 5.40. The molecule has 4 heteroatoms. The maximum atomic E-state index is 13.0. The van der Waals surface area contributed by atoms with Crippen molar-refractivity contribution in [1.82, 2.24) is 5.32 Å². The van der Waals surface area contributed by atoms with Crippen LogP contribution in [0.1, 0.15) is 31.4 Å². The van der Waals surface area contributed by atoms with E-state index in [0.29, 0.717) is 0 Å². The van der Waals surface area contributed by atoms with Crippen LogP contribution < -0.4 is 11.1 Å². The number of hydrogen-bond donors (Lipinski definition) is 2.